The number of unbranched alkanes of at least 4 members (excludes halogenated alkanes) is 7. The van der Waals surface area contributed by atoms with Gasteiger partial charge in [0.2, 0.25) is 19.7 Å². The van der Waals surface area contributed by atoms with Crippen molar-refractivity contribution < 1.29 is 45.4 Å². The number of benzene rings is 4. The van der Waals surface area contributed by atoms with E-state index >= 15 is 0 Å². The van der Waals surface area contributed by atoms with Gasteiger partial charge >= 0.3 is 11.9 Å². The molecule has 0 aromatic heterocycles. The molecule has 0 heterocycles. The average molecular weight is 1030 g/mol. The van der Waals surface area contributed by atoms with Gasteiger partial charge in [-0.25, -0.2) is 26.4 Å². The number of carbonyl (C=O) groups excluding carboxylic acids is 2. The Morgan fingerprint density at radius 1 is 0.470 bits per heavy atom. The topological polar surface area (TPSA) is 163 Å². The molecule has 0 fully saturated rings. The van der Waals surface area contributed by atoms with Crippen LogP contribution in [0.3, 0.4) is 0 Å². The fraction of sp³-hybridized carbons (Fsp3) is 0.458. The van der Waals surface area contributed by atoms with E-state index in [4.69, 9.17) is 42.1 Å². The Balaban J connectivity index is 0.867. The molecule has 362 valence electrons. The van der Waals surface area contributed by atoms with Gasteiger partial charge in [-0.2, -0.15) is 23.5 Å². The second-order valence-corrected chi connectivity index (χ2v) is 22.5. The third kappa shape index (κ3) is 20.0. The first-order chi connectivity index (χ1) is 31.8. The quantitative estimate of drug-likeness (QED) is 0.0342. The highest BCUT2D eigenvalue weighted by molar-refractivity contribution is 7.99. The van der Waals surface area contributed by atoms with E-state index in [-0.39, 0.29) is 32.8 Å². The molecular formula is C48H62Cl2N2O10S4. The summed E-state index contributed by atoms with van der Waals surface area (Å²) in [5.74, 6) is 4.05. The summed E-state index contributed by atoms with van der Waals surface area (Å²) < 4.78 is 73.4. The number of carbonyl (C=O) groups is 2. The fourth-order valence-electron chi connectivity index (χ4n) is 6.29. The predicted molar refractivity (Wildman–Crippen MR) is 266 cm³/mol. The first-order valence-electron chi connectivity index (χ1n) is 22.2. The van der Waals surface area contributed by atoms with Crippen LogP contribution < -0.4 is 20.1 Å². The lowest BCUT2D eigenvalue weighted by atomic mass is 10.1. The van der Waals surface area contributed by atoms with E-state index in [1.165, 1.54) is 148 Å². The van der Waals surface area contributed by atoms with Gasteiger partial charge in [0.1, 0.15) is 24.7 Å². The third-order valence-corrected chi connectivity index (χ3v) is 16.2. The molecule has 0 spiro atoms. The Morgan fingerprint density at radius 3 is 1.11 bits per heavy atom. The Bertz CT molecular complexity index is 2090. The van der Waals surface area contributed by atoms with E-state index in [2.05, 4.69) is 10.6 Å². The maximum atomic E-state index is 12.8. The van der Waals surface area contributed by atoms with E-state index in [1.807, 2.05) is 23.5 Å². The van der Waals surface area contributed by atoms with Gasteiger partial charge in [-0.3, -0.25) is 0 Å². The molecular weight excluding hydrogens is 964 g/mol. The SMILES string of the molecule is CC(Oc1ccc(S(=O)(=O)c2ccc(Cl)cc2)cc1)C(=O)OCCNCCSCCCCCCCCCCSCCNCCOC(=O)C(C)Oc1ccc(S(=O)(=O)c2ccc(Cl)cc2)cc1. The first kappa shape index (κ1) is 55.1. The molecule has 0 saturated heterocycles. The molecule has 2 atom stereocenters. The van der Waals surface area contributed by atoms with Crippen molar-refractivity contribution in [3.05, 3.63) is 107 Å². The molecule has 4 rings (SSSR count). The van der Waals surface area contributed by atoms with Crippen molar-refractivity contribution in [2.24, 2.45) is 0 Å². The van der Waals surface area contributed by atoms with E-state index in [0.29, 0.717) is 34.6 Å². The minimum absolute atomic E-state index is 0.112. The molecule has 0 aliphatic rings. The molecule has 0 radical (unpaired) electrons. The molecule has 18 heteroatoms. The first-order valence-corrected chi connectivity index (χ1v) is 28.3. The monoisotopic (exact) mass is 1020 g/mol. The summed E-state index contributed by atoms with van der Waals surface area (Å²) >= 11 is 15.6. The summed E-state index contributed by atoms with van der Waals surface area (Å²) in [5, 5.41) is 7.51. The van der Waals surface area contributed by atoms with Gasteiger partial charge in [0.25, 0.3) is 0 Å². The lowest BCUT2D eigenvalue weighted by Crippen LogP contribution is -2.30. The van der Waals surface area contributed by atoms with Gasteiger partial charge in [0.05, 0.1) is 19.6 Å². The molecule has 0 aliphatic heterocycles. The van der Waals surface area contributed by atoms with Gasteiger partial charge in [-0.15, -0.1) is 0 Å². The Labute approximate surface area is 409 Å². The van der Waals surface area contributed by atoms with Crippen LogP contribution in [0.4, 0.5) is 0 Å². The minimum Gasteiger partial charge on any atom is -0.479 e. The minimum atomic E-state index is -3.70. The largest absolute Gasteiger partial charge is 0.479 e. The molecule has 0 bridgehead atoms. The number of nitrogens with one attached hydrogen (secondary N) is 2. The van der Waals surface area contributed by atoms with Gasteiger partial charge in [-0.05, 0) is 135 Å². The van der Waals surface area contributed by atoms with Crippen molar-refractivity contribution in [3.8, 4) is 11.5 Å². The highest BCUT2D eigenvalue weighted by Crippen LogP contribution is 2.26. The number of halogens is 2. The molecule has 12 nitrogen and oxygen atoms in total. The van der Waals surface area contributed by atoms with Crippen LogP contribution in [0.25, 0.3) is 0 Å². The highest BCUT2D eigenvalue weighted by Gasteiger charge is 2.21. The maximum Gasteiger partial charge on any atom is 0.347 e. The van der Waals surface area contributed by atoms with Crippen molar-refractivity contribution in [3.63, 3.8) is 0 Å². The smallest absolute Gasteiger partial charge is 0.347 e. The fourth-order valence-corrected chi connectivity index (χ4v) is 10.9. The van der Waals surface area contributed by atoms with E-state index in [0.717, 1.165) is 36.1 Å². The van der Waals surface area contributed by atoms with Crippen molar-refractivity contribution in [2.45, 2.75) is 97.0 Å². The van der Waals surface area contributed by atoms with Crippen molar-refractivity contribution in [2.75, 3.05) is 62.4 Å². The lowest BCUT2D eigenvalue weighted by Gasteiger charge is -2.14. The molecule has 4 aromatic rings. The van der Waals surface area contributed by atoms with Gasteiger partial charge in [0, 0.05) is 47.7 Å². The van der Waals surface area contributed by atoms with Gasteiger partial charge in [0.15, 0.2) is 12.2 Å². The average Bonchev–Trinajstić information content (AvgIpc) is 3.30. The van der Waals surface area contributed by atoms with Crippen LogP contribution in [0.15, 0.2) is 117 Å². The van der Waals surface area contributed by atoms with E-state index in [9.17, 15) is 26.4 Å². The zero-order valence-corrected chi connectivity index (χ0v) is 42.4. The summed E-state index contributed by atoms with van der Waals surface area (Å²) in [7, 11) is -7.40. The summed E-state index contributed by atoms with van der Waals surface area (Å²) in [5.41, 5.74) is 0. The second-order valence-electron chi connectivity index (χ2n) is 15.3. The highest BCUT2D eigenvalue weighted by atomic mass is 35.5. The number of hydrogen-bond acceptors (Lipinski definition) is 14. The van der Waals surface area contributed by atoms with Crippen LogP contribution >= 0.6 is 46.7 Å². The van der Waals surface area contributed by atoms with Crippen LogP contribution in [0, 0.1) is 0 Å². The number of rotatable bonds is 33. The molecule has 2 N–H and O–H groups in total. The van der Waals surface area contributed by atoms with Crippen molar-refractivity contribution >= 4 is 78.3 Å². The van der Waals surface area contributed by atoms with Crippen LogP contribution in [0.5, 0.6) is 11.5 Å². The predicted octanol–water partition coefficient (Wildman–Crippen LogP) is 9.75. The lowest BCUT2D eigenvalue weighted by molar-refractivity contribution is -0.151. The second kappa shape index (κ2) is 30.1. The Kier molecular flexibility index (Phi) is 25.1. The Hall–Kier alpha value is -3.48. The van der Waals surface area contributed by atoms with Crippen LogP contribution in [-0.4, -0.2) is 103 Å². The molecule has 0 amide bonds. The molecule has 66 heavy (non-hydrogen) atoms. The van der Waals surface area contributed by atoms with Gasteiger partial charge in [-0.1, -0.05) is 61.7 Å². The number of esters is 2. The summed E-state index contributed by atoms with van der Waals surface area (Å²) in [6.07, 6.45) is 8.41. The summed E-state index contributed by atoms with van der Waals surface area (Å²) in [6, 6.07) is 23.8. The molecule has 0 aliphatic carbocycles. The standard InChI is InChI=1S/C48H62Cl2N2O10S4/c1-37(61-41-15-23-45(24-16-41)65(55,56)43-19-11-39(49)12-20-43)47(53)59-31-27-51-29-35-63-33-9-7-5-3-4-6-8-10-34-64-36-30-52-28-32-60-48(54)38(2)62-42-17-25-46(26-18-42)66(57,58)44-21-13-40(50)14-22-44/h11-26,37-38,51-52H,3-10,27-36H2,1-2H3. The van der Waals surface area contributed by atoms with Crippen LogP contribution in [0.2, 0.25) is 10.0 Å². The zero-order valence-electron chi connectivity index (χ0n) is 37.6. The van der Waals surface area contributed by atoms with Crippen molar-refractivity contribution in [1.29, 1.82) is 0 Å². The van der Waals surface area contributed by atoms with Crippen molar-refractivity contribution in [1.82, 2.24) is 10.6 Å². The Morgan fingerprint density at radius 2 is 0.773 bits per heavy atom. The van der Waals surface area contributed by atoms with E-state index < -0.39 is 43.8 Å². The third-order valence-electron chi connectivity index (χ3n) is 10.0. The maximum absolute atomic E-state index is 12.8. The number of hydrogen-bond donors (Lipinski definition) is 2. The number of ether oxygens (including phenoxy) is 4. The van der Waals surface area contributed by atoms with E-state index in [1.54, 1.807) is 13.8 Å². The summed E-state index contributed by atoms with van der Waals surface area (Å²) in [4.78, 5) is 25.3. The molecule has 4 aromatic carbocycles. The normalized spacial score (nSPS) is 12.6. The number of sulfone groups is 2. The molecule has 0 saturated carbocycles. The number of thioether (sulfide) groups is 2. The summed E-state index contributed by atoms with van der Waals surface area (Å²) in [6.45, 7) is 6.45. The van der Waals surface area contributed by atoms with Crippen LogP contribution in [-0.2, 0) is 38.7 Å². The zero-order chi connectivity index (χ0) is 47.6. The van der Waals surface area contributed by atoms with Crippen LogP contribution in [0.1, 0.15) is 65.2 Å². The molecule has 2 unspecified atom stereocenters. The van der Waals surface area contributed by atoms with Gasteiger partial charge < -0.3 is 29.6 Å².